The second kappa shape index (κ2) is 39.1. The molecular weight excluding hydrogens is 1330 g/mol. The molecule has 35 heteroatoms. The number of fused-ring (bicyclic) bond motifs is 1. The monoisotopic (exact) mass is 1420 g/mol. The van der Waals surface area contributed by atoms with Crippen LogP contribution in [-0.4, -0.2) is 197 Å². The predicted octanol–water partition coefficient (Wildman–Crippen LogP) is -4.16. The Morgan fingerprint density at radius 3 is 1.98 bits per heavy atom. The number of aliphatic carboxylic acids is 1. The fraction of sp³-hybridized carbons (Fsp3) is 0.455. The minimum atomic E-state index is -1.92. The van der Waals surface area contributed by atoms with Crippen molar-refractivity contribution in [2.75, 3.05) is 32.7 Å². The summed E-state index contributed by atoms with van der Waals surface area (Å²) in [6, 6.07) is 6.20. The summed E-state index contributed by atoms with van der Waals surface area (Å²) in [6.07, 6.45) is 0.287. The van der Waals surface area contributed by atoms with Crippen LogP contribution in [0, 0.1) is 5.92 Å². The second-order valence-corrected chi connectivity index (χ2v) is 25.2. The highest BCUT2D eigenvalue weighted by Crippen LogP contribution is 2.22. The lowest BCUT2D eigenvalue weighted by molar-refractivity contribution is -0.145. The van der Waals surface area contributed by atoms with Gasteiger partial charge in [0.05, 0.1) is 19.4 Å². The zero-order valence-electron chi connectivity index (χ0n) is 56.0. The number of likely N-dealkylation sites (tertiary alicyclic amines) is 1. The highest BCUT2D eigenvalue weighted by atomic mass is 35.5. The molecule has 0 bridgehead atoms. The zero-order valence-corrected chi connectivity index (χ0v) is 56.8. The lowest BCUT2D eigenvalue weighted by Crippen LogP contribution is -2.61. The number of carbonyl (C=O) groups excluding carboxylic acids is 13. The molecule has 3 heterocycles. The van der Waals surface area contributed by atoms with Crippen molar-refractivity contribution in [3.8, 4) is 0 Å². The van der Waals surface area contributed by atoms with Crippen molar-refractivity contribution >= 4 is 111 Å². The number of guanidine groups is 1. The van der Waals surface area contributed by atoms with Crippen LogP contribution in [0.5, 0.6) is 0 Å². The first-order valence-electron chi connectivity index (χ1n) is 32.7. The maximum atomic E-state index is 15.2. The lowest BCUT2D eigenvalue weighted by Gasteiger charge is -2.31. The normalized spacial score (nSPS) is 20.0. The Hall–Kier alpha value is -10.9. The maximum absolute atomic E-state index is 15.2. The summed E-state index contributed by atoms with van der Waals surface area (Å²) in [5.74, 6) is -8.70. The van der Waals surface area contributed by atoms with Crippen molar-refractivity contribution in [3.05, 3.63) is 113 Å². The van der Waals surface area contributed by atoms with Gasteiger partial charge in [0, 0.05) is 69.8 Å². The van der Waals surface area contributed by atoms with Gasteiger partial charge in [-0.25, -0.2) is 10.6 Å². The van der Waals surface area contributed by atoms with Gasteiger partial charge in [0.15, 0.2) is 5.96 Å². The van der Waals surface area contributed by atoms with Gasteiger partial charge in [-0.2, -0.15) is 0 Å². The van der Waals surface area contributed by atoms with Gasteiger partial charge in [0.1, 0.15) is 60.4 Å². The SMILES string of the molecule is CC(=O)N[C@H]1CC(=O)NCC(=O)NCC[C@@H](C(=O)N[C@H](Cc2ccc3ccccc3c2)C(=O)N[C@@H](CC(C)C)C(=O)N[C@@H](CCCN=C(N)N)C(=O)N2CCC[C@H]2C(=O)N[C@@H](CN)C(=O)O)NC(=O)[C@H](CC(=O)NN)NC(=O)[C@@H](Cc2cccnc2)NC(=O)[C@@H](Cc2ccc(Cl)cc2)NC1=O. The fourth-order valence-electron chi connectivity index (χ4n) is 11.2. The number of carboxylic acid groups (broad SMARTS) is 1. The minimum Gasteiger partial charge on any atom is -0.480 e. The number of aliphatic imine (C=N–C) groups is 1. The van der Waals surface area contributed by atoms with Crippen molar-refractivity contribution < 1.29 is 72.2 Å². The Balaban J connectivity index is 1.37. The molecule has 10 atom stereocenters. The molecule has 13 amide bonds. The third-order valence-corrected chi connectivity index (χ3v) is 16.6. The van der Waals surface area contributed by atoms with E-state index in [4.69, 9.17) is 34.6 Å². The number of nitrogens with one attached hydrogen (secondary N) is 12. The number of hydrazine groups is 1. The number of pyridine rings is 1. The largest absolute Gasteiger partial charge is 0.480 e. The topological polar surface area (TPSA) is 536 Å². The number of aromatic nitrogens is 1. The van der Waals surface area contributed by atoms with Crippen LogP contribution in [0.4, 0.5) is 0 Å². The fourth-order valence-corrected chi connectivity index (χ4v) is 11.4. The van der Waals surface area contributed by atoms with Crippen LogP contribution < -0.4 is 87.0 Å². The Morgan fingerprint density at radius 1 is 0.703 bits per heavy atom. The smallest absolute Gasteiger partial charge is 0.327 e. The van der Waals surface area contributed by atoms with Crippen LogP contribution in [-0.2, 0) is 86.4 Å². The van der Waals surface area contributed by atoms with Crippen LogP contribution in [0.2, 0.25) is 5.02 Å². The quantitative estimate of drug-likeness (QED) is 0.00708. The number of carbonyl (C=O) groups is 14. The molecule has 0 saturated carbocycles. The Morgan fingerprint density at radius 2 is 1.34 bits per heavy atom. The van der Waals surface area contributed by atoms with Gasteiger partial charge in [0.25, 0.3) is 0 Å². The number of hydrogen-bond donors (Lipinski definition) is 17. The van der Waals surface area contributed by atoms with E-state index < -0.39 is 182 Å². The van der Waals surface area contributed by atoms with Gasteiger partial charge < -0.3 is 85.7 Å². The number of hydrogen-bond acceptors (Lipinski definition) is 18. The third-order valence-electron chi connectivity index (χ3n) is 16.4. The van der Waals surface area contributed by atoms with E-state index in [0.717, 1.165) is 17.7 Å². The van der Waals surface area contributed by atoms with Crippen LogP contribution in [0.15, 0.2) is 96.2 Å². The summed E-state index contributed by atoms with van der Waals surface area (Å²) in [7, 11) is 0. The van der Waals surface area contributed by atoms with E-state index in [1.54, 1.807) is 62.4 Å². The van der Waals surface area contributed by atoms with E-state index in [0.29, 0.717) is 28.1 Å². The average molecular weight is 1420 g/mol. The molecule has 34 nitrogen and oxygen atoms in total. The molecular formula is C66H88ClN19O15. The van der Waals surface area contributed by atoms with E-state index in [2.05, 4.69) is 68.5 Å². The highest BCUT2D eigenvalue weighted by molar-refractivity contribution is 6.30. The van der Waals surface area contributed by atoms with E-state index in [-0.39, 0.29) is 69.9 Å². The number of nitrogens with zero attached hydrogens (tertiary/aromatic N) is 3. The highest BCUT2D eigenvalue weighted by Gasteiger charge is 2.41. The second-order valence-electron chi connectivity index (χ2n) is 24.8. The summed E-state index contributed by atoms with van der Waals surface area (Å²) in [5.41, 5.74) is 20.0. The average Bonchev–Trinajstić information content (AvgIpc) is 1.81. The number of halogens is 1. The molecule has 2 saturated heterocycles. The molecule has 0 unspecified atom stereocenters. The number of nitrogens with two attached hydrogens (primary N) is 4. The van der Waals surface area contributed by atoms with Crippen LogP contribution >= 0.6 is 11.6 Å². The van der Waals surface area contributed by atoms with Crippen LogP contribution in [0.1, 0.15) is 88.8 Å². The Labute approximate surface area is 586 Å². The molecule has 21 N–H and O–H groups in total. The Kier molecular flexibility index (Phi) is 30.6. The van der Waals surface area contributed by atoms with Crippen molar-refractivity contribution in [1.29, 1.82) is 0 Å². The van der Waals surface area contributed by atoms with Gasteiger partial charge in [0.2, 0.25) is 76.8 Å². The van der Waals surface area contributed by atoms with Crippen molar-refractivity contribution in [1.82, 2.24) is 73.8 Å². The van der Waals surface area contributed by atoms with Crippen molar-refractivity contribution in [2.24, 2.45) is 34.0 Å². The van der Waals surface area contributed by atoms with E-state index in [1.165, 1.54) is 29.4 Å². The van der Waals surface area contributed by atoms with Gasteiger partial charge >= 0.3 is 5.97 Å². The van der Waals surface area contributed by atoms with Crippen LogP contribution in [0.3, 0.4) is 0 Å². The minimum absolute atomic E-state index is 0.0142. The molecule has 544 valence electrons. The first-order valence-corrected chi connectivity index (χ1v) is 33.1. The van der Waals surface area contributed by atoms with E-state index >= 15 is 9.59 Å². The summed E-state index contributed by atoms with van der Waals surface area (Å²) < 4.78 is 0. The lowest BCUT2D eigenvalue weighted by atomic mass is 9.98. The van der Waals surface area contributed by atoms with E-state index in [1.807, 2.05) is 23.6 Å². The summed E-state index contributed by atoms with van der Waals surface area (Å²) in [4.78, 5) is 205. The maximum Gasteiger partial charge on any atom is 0.327 e. The molecule has 0 aliphatic carbocycles. The van der Waals surface area contributed by atoms with Gasteiger partial charge in [-0.1, -0.05) is 86.1 Å². The van der Waals surface area contributed by atoms with Gasteiger partial charge in [-0.05, 0) is 90.1 Å². The number of benzene rings is 3. The van der Waals surface area contributed by atoms with Crippen LogP contribution in [0.25, 0.3) is 10.8 Å². The third kappa shape index (κ3) is 25.4. The number of carboxylic acids is 1. The summed E-state index contributed by atoms with van der Waals surface area (Å²) in [5, 5.41) is 39.5. The number of amides is 13. The van der Waals surface area contributed by atoms with Gasteiger partial charge in [-0.15, -0.1) is 0 Å². The molecule has 1 aromatic heterocycles. The standard InChI is InChI=1S/C66H88ClN19O15/c1-35(2)25-45(57(92)78-44(12-7-22-74-66(69)70)64(99)86-24-8-13-52(86)63(98)84-51(32-68)65(100)101)79-59(94)47(28-38-14-17-40-10-4-5-11-41(40)26-38)80-56(91)43-20-23-73-55(90)34-75-53(88)30-49(76-36(3)87)61(96)81-46(27-37-15-18-42(67)19-16-37)58(93)82-48(29-39-9-6-21-72-33-39)60(95)83-50(62(97)77-43)31-54(89)85-71/h4-6,9-11,14-19,21,26,33,35,43-52H,7-8,12-13,20,22-25,27-32,34,68,71H2,1-3H3,(H,73,90)(H,75,88)(H,76,87)(H,77,97)(H,78,92)(H,79,94)(H,80,91)(H,81,96)(H,82,93)(H,83,95)(H,84,98)(H,85,89)(H,100,101)(H4,69,70,74)/t43-,44-,45-,46+,47+,48+,49-,50-,51-,52-/m0/s1. The molecule has 2 fully saturated rings. The number of rotatable bonds is 26. The zero-order chi connectivity index (χ0) is 73.9. The molecule has 0 spiro atoms. The predicted molar refractivity (Wildman–Crippen MR) is 367 cm³/mol. The van der Waals surface area contributed by atoms with Gasteiger partial charge in [-0.3, -0.25) is 77.7 Å². The summed E-state index contributed by atoms with van der Waals surface area (Å²) >= 11 is 6.16. The van der Waals surface area contributed by atoms with E-state index in [9.17, 15) is 62.6 Å². The van der Waals surface area contributed by atoms with Crippen molar-refractivity contribution in [3.63, 3.8) is 0 Å². The molecule has 2 aliphatic heterocycles. The molecule has 3 aromatic carbocycles. The first-order chi connectivity index (χ1) is 48.1. The molecule has 101 heavy (non-hydrogen) atoms. The molecule has 4 aromatic rings. The Bertz CT molecular complexity index is 3680. The molecule has 6 rings (SSSR count). The summed E-state index contributed by atoms with van der Waals surface area (Å²) in [6.45, 7) is 3.02. The first kappa shape index (κ1) is 79.1. The molecule has 2 aliphatic rings. The molecule has 0 radical (unpaired) electrons. The van der Waals surface area contributed by atoms with Crippen molar-refractivity contribution in [2.45, 2.75) is 152 Å².